The number of nitrogen functional groups attached to an aromatic ring is 1. The van der Waals surface area contributed by atoms with Gasteiger partial charge in [-0.1, -0.05) is 20.8 Å². The predicted octanol–water partition coefficient (Wildman–Crippen LogP) is 7.74. The Bertz CT molecular complexity index is 1560. The molecule has 13 heteroatoms. The Labute approximate surface area is 280 Å². The van der Waals surface area contributed by atoms with Crippen molar-refractivity contribution in [3.05, 3.63) is 107 Å². The normalized spacial score (nSPS) is 10.0. The molecule has 48 heavy (non-hydrogen) atoms. The van der Waals surface area contributed by atoms with Crippen molar-refractivity contribution in [1.82, 2.24) is 5.32 Å². The van der Waals surface area contributed by atoms with E-state index in [0.717, 1.165) is 29.3 Å². The zero-order valence-corrected chi connectivity index (χ0v) is 27.9. The molecule has 4 rings (SSSR count). The molecule has 0 saturated heterocycles. The molecule has 0 radical (unpaired) electrons. The lowest BCUT2D eigenvalue weighted by atomic mass is 9.92. The number of methoxy groups -OCH3 is 3. The van der Waals surface area contributed by atoms with Gasteiger partial charge in [-0.15, -0.1) is 0 Å². The van der Waals surface area contributed by atoms with Crippen molar-refractivity contribution < 1.29 is 33.5 Å². The van der Waals surface area contributed by atoms with Gasteiger partial charge in [0.05, 0.1) is 26.3 Å². The monoisotopic (exact) mass is 661 g/mol. The third kappa shape index (κ3) is 15.3. The van der Waals surface area contributed by atoms with Gasteiger partial charge in [0.2, 0.25) is 0 Å². The summed E-state index contributed by atoms with van der Waals surface area (Å²) >= 11 is 0. The number of ether oxygens (including phenoxy) is 4. The molecular formula is C35H43N5O8. The van der Waals surface area contributed by atoms with Crippen LogP contribution in [0, 0.1) is 15.5 Å². The van der Waals surface area contributed by atoms with Crippen LogP contribution in [0.3, 0.4) is 0 Å². The van der Waals surface area contributed by atoms with Crippen LogP contribution in [0.15, 0.2) is 97.1 Å². The van der Waals surface area contributed by atoms with Crippen molar-refractivity contribution in [2.45, 2.75) is 27.2 Å². The molecule has 0 fully saturated rings. The number of rotatable bonds is 9. The number of nitro benzene ring substituents is 1. The van der Waals surface area contributed by atoms with Crippen LogP contribution in [0.4, 0.5) is 32.3 Å². The van der Waals surface area contributed by atoms with E-state index in [2.05, 4.69) is 36.7 Å². The second-order valence-corrected chi connectivity index (χ2v) is 11.2. The molecule has 0 aliphatic rings. The molecule has 4 aromatic rings. The fourth-order valence-electron chi connectivity index (χ4n) is 3.57. The largest absolute Gasteiger partial charge is 0.497 e. The minimum atomic E-state index is -0.686. The number of benzene rings is 4. The lowest BCUT2D eigenvalue weighted by molar-refractivity contribution is -0.384. The standard InChI is InChI=1S/C14H12N2O5.C14H22N2O2.C7H9NO/c1-20-12-6-2-10(3-7-12)15-14(17)21-13-8-4-11(5-9-13)16(18)19;1-14(2,3)9-10-15-13(17)16-11-5-7-12(18-4)8-6-11;1-9-7-4-2-6(8)3-5-7/h2-9H,1H3,(H,15,17);5-8H,9-10H2,1-4H3,(H2,15,16,17);2-5H,8H2,1H3. The van der Waals surface area contributed by atoms with Crippen LogP contribution in [-0.2, 0) is 0 Å². The van der Waals surface area contributed by atoms with Gasteiger partial charge in [0, 0.05) is 35.7 Å². The third-order valence-electron chi connectivity index (χ3n) is 6.22. The SMILES string of the molecule is COc1ccc(N)cc1.COc1ccc(NC(=O)NCCC(C)(C)C)cc1.COc1ccc(NC(=O)Oc2ccc([N+](=O)[O-])cc2)cc1. The van der Waals surface area contributed by atoms with E-state index in [1.165, 1.54) is 24.3 Å². The zero-order valence-electron chi connectivity index (χ0n) is 27.9. The zero-order chi connectivity index (χ0) is 35.5. The molecule has 0 spiro atoms. The summed E-state index contributed by atoms with van der Waals surface area (Å²) in [6.07, 6.45) is 0.261. The fourth-order valence-corrected chi connectivity index (χ4v) is 3.57. The lowest BCUT2D eigenvalue weighted by Gasteiger charge is -2.18. The maximum absolute atomic E-state index is 11.7. The molecule has 0 atom stereocenters. The number of hydrogen-bond donors (Lipinski definition) is 4. The van der Waals surface area contributed by atoms with Crippen molar-refractivity contribution in [2.75, 3.05) is 44.2 Å². The van der Waals surface area contributed by atoms with Gasteiger partial charge in [0.15, 0.2) is 0 Å². The Hall–Kier alpha value is -5.98. The average molecular weight is 662 g/mol. The number of carbonyl (C=O) groups is 2. The van der Waals surface area contributed by atoms with Crippen molar-refractivity contribution in [3.63, 3.8) is 0 Å². The number of urea groups is 1. The second-order valence-electron chi connectivity index (χ2n) is 11.2. The van der Waals surface area contributed by atoms with E-state index in [0.29, 0.717) is 18.0 Å². The van der Waals surface area contributed by atoms with Crippen LogP contribution >= 0.6 is 0 Å². The van der Waals surface area contributed by atoms with Gasteiger partial charge in [-0.3, -0.25) is 15.4 Å². The number of carbonyl (C=O) groups excluding carboxylic acids is 2. The van der Waals surface area contributed by atoms with E-state index < -0.39 is 11.0 Å². The first-order valence-corrected chi connectivity index (χ1v) is 14.8. The molecule has 0 heterocycles. The minimum Gasteiger partial charge on any atom is -0.497 e. The topological polar surface area (TPSA) is 176 Å². The first-order valence-electron chi connectivity index (χ1n) is 14.8. The maximum atomic E-state index is 11.7. The smallest absolute Gasteiger partial charge is 0.417 e. The highest BCUT2D eigenvalue weighted by Gasteiger charge is 2.11. The molecule has 0 aliphatic carbocycles. The molecule has 13 nitrogen and oxygen atoms in total. The van der Waals surface area contributed by atoms with Crippen LogP contribution in [-0.4, -0.2) is 44.9 Å². The van der Waals surface area contributed by atoms with E-state index in [1.54, 1.807) is 57.7 Å². The van der Waals surface area contributed by atoms with Gasteiger partial charge >= 0.3 is 12.1 Å². The van der Waals surface area contributed by atoms with Crippen molar-refractivity contribution >= 4 is 34.9 Å². The Kier molecular flexibility index (Phi) is 15.5. The minimum absolute atomic E-state index is 0.0714. The average Bonchev–Trinajstić information content (AvgIpc) is 3.06. The number of anilines is 3. The summed E-state index contributed by atoms with van der Waals surface area (Å²) in [7, 11) is 4.79. The van der Waals surface area contributed by atoms with Crippen LogP contribution in [0.25, 0.3) is 0 Å². The number of nitro groups is 1. The first kappa shape index (κ1) is 38.2. The first-order chi connectivity index (χ1) is 22.8. The Balaban J connectivity index is 0.000000269. The molecule has 0 aliphatic heterocycles. The van der Waals surface area contributed by atoms with Crippen LogP contribution < -0.4 is 40.6 Å². The summed E-state index contributed by atoms with van der Waals surface area (Å²) in [5.74, 6) is 2.49. The van der Waals surface area contributed by atoms with Crippen LogP contribution in [0.2, 0.25) is 0 Å². The highest BCUT2D eigenvalue weighted by atomic mass is 16.6. The molecule has 4 aromatic carbocycles. The number of nitrogens with zero attached hydrogens (tertiary/aromatic N) is 1. The Morgan fingerprint density at radius 2 is 1.10 bits per heavy atom. The van der Waals surface area contributed by atoms with Gasteiger partial charge in [0.1, 0.15) is 23.0 Å². The quantitative estimate of drug-likeness (QED) is 0.0793. The van der Waals surface area contributed by atoms with Crippen molar-refractivity contribution in [3.8, 4) is 23.0 Å². The number of amides is 3. The molecule has 0 unspecified atom stereocenters. The van der Waals surface area contributed by atoms with Gasteiger partial charge in [-0.05, 0) is 96.8 Å². The molecule has 5 N–H and O–H groups in total. The van der Waals surface area contributed by atoms with E-state index in [-0.39, 0.29) is 22.9 Å². The lowest BCUT2D eigenvalue weighted by Crippen LogP contribution is -2.31. The summed E-state index contributed by atoms with van der Waals surface area (Å²) in [4.78, 5) is 33.2. The third-order valence-corrected chi connectivity index (χ3v) is 6.22. The van der Waals surface area contributed by atoms with Gasteiger partial charge < -0.3 is 35.3 Å². The summed E-state index contributed by atoms with van der Waals surface area (Å²) in [5, 5.41) is 18.6. The number of non-ortho nitro benzene ring substituents is 1. The molecule has 3 amide bonds. The molecular weight excluding hydrogens is 618 g/mol. The fraction of sp³-hybridized carbons (Fsp3) is 0.257. The van der Waals surface area contributed by atoms with Gasteiger partial charge in [-0.25, -0.2) is 9.59 Å². The van der Waals surface area contributed by atoms with E-state index in [9.17, 15) is 19.7 Å². The van der Waals surface area contributed by atoms with E-state index in [1.807, 2.05) is 36.4 Å². The summed E-state index contributed by atoms with van der Waals surface area (Å²) < 4.78 is 20.0. The Morgan fingerprint density at radius 1 is 0.688 bits per heavy atom. The highest BCUT2D eigenvalue weighted by molar-refractivity contribution is 5.89. The van der Waals surface area contributed by atoms with E-state index >= 15 is 0 Å². The van der Waals surface area contributed by atoms with Gasteiger partial charge in [-0.2, -0.15) is 0 Å². The highest BCUT2D eigenvalue weighted by Crippen LogP contribution is 2.20. The summed E-state index contributed by atoms with van der Waals surface area (Å²) in [5.41, 5.74) is 7.64. The van der Waals surface area contributed by atoms with Crippen molar-refractivity contribution in [1.29, 1.82) is 0 Å². The second kappa shape index (κ2) is 19.5. The maximum Gasteiger partial charge on any atom is 0.417 e. The summed E-state index contributed by atoms with van der Waals surface area (Å²) in [6.45, 7) is 7.12. The van der Waals surface area contributed by atoms with E-state index in [4.69, 9.17) is 24.7 Å². The number of hydrogen-bond acceptors (Lipinski definition) is 9. The Morgan fingerprint density at radius 3 is 1.52 bits per heavy atom. The molecule has 256 valence electrons. The predicted molar refractivity (Wildman–Crippen MR) is 187 cm³/mol. The number of nitrogens with one attached hydrogen (secondary N) is 3. The van der Waals surface area contributed by atoms with Crippen molar-refractivity contribution in [2.24, 2.45) is 5.41 Å². The number of nitrogens with two attached hydrogens (primary N) is 1. The molecule has 0 bridgehead atoms. The molecule has 0 saturated carbocycles. The summed E-state index contributed by atoms with van der Waals surface area (Å²) in [6, 6.07) is 26.3. The van der Waals surface area contributed by atoms with Gasteiger partial charge in [0.25, 0.3) is 5.69 Å². The van der Waals surface area contributed by atoms with Crippen LogP contribution in [0.1, 0.15) is 27.2 Å². The molecule has 0 aromatic heterocycles. The van der Waals surface area contributed by atoms with Crippen LogP contribution in [0.5, 0.6) is 23.0 Å².